The minimum Gasteiger partial charge on any atom is -0.479 e. The number of fused-ring (bicyclic) bond motifs is 1. The van der Waals surface area contributed by atoms with E-state index in [1.54, 1.807) is 39.3 Å². The molecule has 0 bridgehead atoms. The van der Waals surface area contributed by atoms with E-state index in [4.69, 9.17) is 9.47 Å². The molecule has 0 spiro atoms. The summed E-state index contributed by atoms with van der Waals surface area (Å²) in [5, 5.41) is 12.4. The topological polar surface area (TPSA) is 109 Å². The van der Waals surface area contributed by atoms with E-state index in [2.05, 4.69) is 20.8 Å². The standard InChI is InChI=1S/C17H21N5O4/c1-10-16(23)22(2)14-7-11(4-5-15(14)26-10)19-17(24)18-8-12-6-13(9-25-3)21-20-12/h4-7,10H,8-9H2,1-3H3,(H,20,21)(H2,18,19,24)/t10-/m0/s1. The third-order valence-corrected chi connectivity index (χ3v) is 3.98. The van der Waals surface area contributed by atoms with E-state index in [0.29, 0.717) is 30.3 Å². The third kappa shape index (κ3) is 3.77. The molecule has 1 atom stereocenters. The maximum absolute atomic E-state index is 12.1. The van der Waals surface area contributed by atoms with Crippen molar-refractivity contribution < 1.29 is 19.1 Å². The number of aromatic amines is 1. The van der Waals surface area contributed by atoms with Crippen molar-refractivity contribution >= 4 is 23.3 Å². The molecule has 0 saturated carbocycles. The molecule has 2 heterocycles. The predicted molar refractivity (Wildman–Crippen MR) is 95.1 cm³/mol. The molecule has 3 N–H and O–H groups in total. The largest absolute Gasteiger partial charge is 0.479 e. The van der Waals surface area contributed by atoms with Gasteiger partial charge in [-0.15, -0.1) is 0 Å². The molecule has 0 aliphatic carbocycles. The third-order valence-electron chi connectivity index (χ3n) is 3.98. The van der Waals surface area contributed by atoms with Crippen LogP contribution in [0.25, 0.3) is 0 Å². The molecule has 0 fully saturated rings. The maximum atomic E-state index is 12.1. The lowest BCUT2D eigenvalue weighted by Crippen LogP contribution is -2.42. The van der Waals surface area contributed by atoms with Crippen LogP contribution in [0.1, 0.15) is 18.3 Å². The van der Waals surface area contributed by atoms with Gasteiger partial charge in [0, 0.05) is 19.8 Å². The van der Waals surface area contributed by atoms with Crippen molar-refractivity contribution in [2.24, 2.45) is 0 Å². The van der Waals surface area contributed by atoms with Crippen LogP contribution in [0.5, 0.6) is 5.75 Å². The SMILES string of the molecule is COCc1cc(CNC(=O)Nc2ccc3c(c2)N(C)C(=O)[C@H](C)O3)[nH]n1. The van der Waals surface area contributed by atoms with Crippen molar-refractivity contribution in [3.8, 4) is 5.75 Å². The van der Waals surface area contributed by atoms with E-state index >= 15 is 0 Å². The Morgan fingerprint density at radius 3 is 3.00 bits per heavy atom. The maximum Gasteiger partial charge on any atom is 0.319 e. The number of nitrogens with zero attached hydrogens (tertiary/aromatic N) is 2. The second kappa shape index (κ2) is 7.44. The number of nitrogens with one attached hydrogen (secondary N) is 3. The average Bonchev–Trinajstić information content (AvgIpc) is 3.07. The number of hydrogen-bond donors (Lipinski definition) is 3. The lowest BCUT2D eigenvalue weighted by Gasteiger charge is -2.30. The van der Waals surface area contributed by atoms with E-state index in [9.17, 15) is 9.59 Å². The van der Waals surface area contributed by atoms with Crippen LogP contribution in [0, 0.1) is 0 Å². The van der Waals surface area contributed by atoms with E-state index < -0.39 is 6.10 Å². The van der Waals surface area contributed by atoms with Gasteiger partial charge in [-0.2, -0.15) is 5.10 Å². The number of urea groups is 1. The number of anilines is 2. The second-order valence-electron chi connectivity index (χ2n) is 5.97. The molecule has 0 unspecified atom stereocenters. The quantitative estimate of drug-likeness (QED) is 0.752. The van der Waals surface area contributed by atoms with E-state index in [1.807, 2.05) is 6.07 Å². The number of carbonyl (C=O) groups excluding carboxylic acids is 2. The molecule has 0 saturated heterocycles. The lowest BCUT2D eigenvalue weighted by atomic mass is 10.2. The highest BCUT2D eigenvalue weighted by Gasteiger charge is 2.29. The summed E-state index contributed by atoms with van der Waals surface area (Å²) in [5.74, 6) is 0.471. The molecule has 3 amide bonds. The van der Waals surface area contributed by atoms with E-state index in [0.717, 1.165) is 11.4 Å². The average molecular weight is 359 g/mol. The molecule has 0 radical (unpaired) electrons. The molecule has 1 aliphatic rings. The molecule has 1 aromatic heterocycles. The van der Waals surface area contributed by atoms with E-state index in [1.165, 1.54) is 4.90 Å². The smallest absolute Gasteiger partial charge is 0.319 e. The summed E-state index contributed by atoms with van der Waals surface area (Å²) in [6.07, 6.45) is -0.521. The Morgan fingerprint density at radius 2 is 2.23 bits per heavy atom. The molecular weight excluding hydrogens is 338 g/mol. The predicted octanol–water partition coefficient (Wildman–Crippen LogP) is 1.62. The molecule has 9 heteroatoms. The van der Waals surface area contributed by atoms with Gasteiger partial charge in [0.05, 0.1) is 30.2 Å². The summed E-state index contributed by atoms with van der Waals surface area (Å²) >= 11 is 0. The highest BCUT2D eigenvalue weighted by molar-refractivity contribution is 6.00. The lowest BCUT2D eigenvalue weighted by molar-refractivity contribution is -0.125. The number of amides is 3. The molecule has 138 valence electrons. The van der Waals surface area contributed by atoms with Crippen LogP contribution in [-0.4, -0.2) is 42.4 Å². The second-order valence-corrected chi connectivity index (χ2v) is 5.97. The summed E-state index contributed by atoms with van der Waals surface area (Å²) < 4.78 is 10.6. The zero-order chi connectivity index (χ0) is 18.7. The first-order chi connectivity index (χ1) is 12.5. The number of benzene rings is 1. The first-order valence-electron chi connectivity index (χ1n) is 8.13. The number of carbonyl (C=O) groups is 2. The molecule has 3 rings (SSSR count). The molecule has 9 nitrogen and oxygen atoms in total. The van der Waals surface area contributed by atoms with Crippen LogP contribution < -0.4 is 20.3 Å². The van der Waals surface area contributed by atoms with Crippen LogP contribution in [-0.2, 0) is 22.7 Å². The molecule has 1 aromatic carbocycles. The van der Waals surface area contributed by atoms with Crippen molar-refractivity contribution in [2.75, 3.05) is 24.4 Å². The first kappa shape index (κ1) is 17.7. The Balaban J connectivity index is 1.60. The van der Waals surface area contributed by atoms with Gasteiger partial charge < -0.3 is 25.0 Å². The first-order valence-corrected chi connectivity index (χ1v) is 8.13. The van der Waals surface area contributed by atoms with Gasteiger partial charge in [0.1, 0.15) is 5.75 Å². The molecule has 26 heavy (non-hydrogen) atoms. The summed E-state index contributed by atoms with van der Waals surface area (Å²) in [5.41, 5.74) is 2.71. The van der Waals surface area contributed by atoms with E-state index in [-0.39, 0.29) is 11.9 Å². The van der Waals surface area contributed by atoms with Crippen molar-refractivity contribution in [2.45, 2.75) is 26.2 Å². The van der Waals surface area contributed by atoms with Crippen LogP contribution in [0.2, 0.25) is 0 Å². The van der Waals surface area contributed by atoms with Gasteiger partial charge in [-0.1, -0.05) is 0 Å². The van der Waals surface area contributed by atoms with Crippen LogP contribution >= 0.6 is 0 Å². The molecular formula is C17H21N5O4. The van der Waals surface area contributed by atoms with Crippen molar-refractivity contribution in [1.82, 2.24) is 15.5 Å². The van der Waals surface area contributed by atoms with Crippen LogP contribution in [0.15, 0.2) is 24.3 Å². The number of ether oxygens (including phenoxy) is 2. The van der Waals surface area contributed by atoms with Gasteiger partial charge in [-0.25, -0.2) is 4.79 Å². The number of likely N-dealkylation sites (N-methyl/N-ethyl adjacent to an activating group) is 1. The normalized spacial score (nSPS) is 16.0. The van der Waals surface area contributed by atoms with Crippen molar-refractivity contribution in [3.63, 3.8) is 0 Å². The van der Waals surface area contributed by atoms with Gasteiger partial charge in [0.2, 0.25) is 0 Å². The summed E-state index contributed by atoms with van der Waals surface area (Å²) in [6, 6.07) is 6.61. The monoisotopic (exact) mass is 359 g/mol. The summed E-state index contributed by atoms with van der Waals surface area (Å²) in [6.45, 7) is 2.41. The number of hydrogen-bond acceptors (Lipinski definition) is 5. The Kier molecular flexibility index (Phi) is 5.08. The fraction of sp³-hybridized carbons (Fsp3) is 0.353. The minimum atomic E-state index is -0.521. The Bertz CT molecular complexity index is 819. The van der Waals surface area contributed by atoms with Crippen LogP contribution in [0.3, 0.4) is 0 Å². The number of methoxy groups -OCH3 is 1. The van der Waals surface area contributed by atoms with Crippen LogP contribution in [0.4, 0.5) is 16.2 Å². The number of H-pyrrole nitrogens is 1. The number of aromatic nitrogens is 2. The van der Waals surface area contributed by atoms with Crippen molar-refractivity contribution in [1.29, 1.82) is 0 Å². The molecule has 1 aliphatic heterocycles. The van der Waals surface area contributed by atoms with Gasteiger partial charge in [0.15, 0.2) is 6.10 Å². The van der Waals surface area contributed by atoms with Gasteiger partial charge in [-0.3, -0.25) is 9.89 Å². The zero-order valence-corrected chi connectivity index (χ0v) is 14.8. The fourth-order valence-electron chi connectivity index (χ4n) is 2.66. The van der Waals surface area contributed by atoms with Gasteiger partial charge >= 0.3 is 6.03 Å². The highest BCUT2D eigenvalue weighted by Crippen LogP contribution is 2.35. The highest BCUT2D eigenvalue weighted by atomic mass is 16.5. The Labute approximate surface area is 150 Å². The summed E-state index contributed by atoms with van der Waals surface area (Å²) in [4.78, 5) is 25.6. The minimum absolute atomic E-state index is 0.134. The Morgan fingerprint density at radius 1 is 1.42 bits per heavy atom. The van der Waals surface area contributed by atoms with Crippen molar-refractivity contribution in [3.05, 3.63) is 35.7 Å². The number of rotatable bonds is 5. The molecule has 2 aromatic rings. The van der Waals surface area contributed by atoms with Gasteiger partial charge in [0.25, 0.3) is 5.91 Å². The fourth-order valence-corrected chi connectivity index (χ4v) is 2.66. The Hall–Kier alpha value is -3.07. The zero-order valence-electron chi connectivity index (χ0n) is 14.8. The summed E-state index contributed by atoms with van der Waals surface area (Å²) in [7, 11) is 3.27. The van der Waals surface area contributed by atoms with Gasteiger partial charge in [-0.05, 0) is 31.2 Å².